The number of aryl methyl sites for hydroxylation is 7. The fourth-order valence-electron chi connectivity index (χ4n) is 21.4. The molecule has 708 valence electrons. The van der Waals surface area contributed by atoms with E-state index in [2.05, 4.69) is 84.8 Å². The van der Waals surface area contributed by atoms with Gasteiger partial charge in [0.1, 0.15) is 10.0 Å². The summed E-state index contributed by atoms with van der Waals surface area (Å²) in [6.07, 6.45) is 15.6. The highest BCUT2D eigenvalue weighted by Crippen LogP contribution is 2.52. The van der Waals surface area contributed by atoms with Gasteiger partial charge in [-0.2, -0.15) is 17.2 Å². The van der Waals surface area contributed by atoms with Crippen molar-refractivity contribution < 1.29 is 52.8 Å². The van der Waals surface area contributed by atoms with Crippen LogP contribution < -0.4 is 21.3 Å². The molecular formula is C101H111Cl3N14O12S5. The number of halogens is 3. The summed E-state index contributed by atoms with van der Waals surface area (Å²) in [5.41, 5.74) is 13.5. The van der Waals surface area contributed by atoms with Crippen LogP contribution in [0.1, 0.15) is 167 Å². The first-order valence-electron chi connectivity index (χ1n) is 44.9. The molecule has 8 aromatic carbocycles. The summed E-state index contributed by atoms with van der Waals surface area (Å²) in [6, 6.07) is 61.4. The molecule has 4 N–H and O–H groups in total. The number of imidazole rings is 3. The third-order valence-corrected chi connectivity index (χ3v) is 38.3. The number of sulfonamides is 4. The molecule has 26 nitrogen and oxygen atoms in total. The molecule has 12 aromatic rings. The third-order valence-electron chi connectivity index (χ3n) is 28.8. The Bertz CT molecular complexity index is 6940. The second-order valence-corrected chi connectivity index (χ2v) is 46.5. The molecule has 4 aromatic heterocycles. The number of fused-ring (bicyclic) bond motifs is 8. The molecule has 34 heteroatoms. The summed E-state index contributed by atoms with van der Waals surface area (Å²) in [4.78, 5) is 65.0. The monoisotopic (exact) mass is 1980 g/mol. The number of amides is 4. The van der Waals surface area contributed by atoms with Crippen LogP contribution >= 0.6 is 46.1 Å². The van der Waals surface area contributed by atoms with Crippen molar-refractivity contribution in [1.29, 1.82) is 0 Å². The first kappa shape index (κ1) is 97.6. The summed E-state index contributed by atoms with van der Waals surface area (Å²) >= 11 is 20.2. The molecule has 0 radical (unpaired) electrons. The van der Waals surface area contributed by atoms with E-state index in [0.717, 1.165) is 29.5 Å². The Morgan fingerprint density at radius 3 is 1.00 bits per heavy atom. The zero-order valence-corrected chi connectivity index (χ0v) is 81.8. The van der Waals surface area contributed by atoms with Gasteiger partial charge >= 0.3 is 0 Å². The SMILES string of the molecule is C.Cc1ccc(C(=O)NC2Cc3ccccc3C23CCN(S(=O)(=O)c2cccs2)CC3)c(Cl)c1.Cc1ccc(C(=O)NC2Cc3ccccc3C23CCN(S(=O)(=O)c2cn(C)c(C)n2)CC3)c(Cl)c1.Cc1ccc(C(=O)NC2Cc3ccccc3C23CCN(S(=O)(=O)c2cn(C)cn2)CC3)cc1.Cn1cnc(S(=O)(=O)N2CCC3(CC2)c2ccccc2CC3NC(=O)c2ccccc2Cl)c1. The molecule has 20 rings (SSSR count). The fourth-order valence-corrected chi connectivity index (χ4v) is 29.1. The number of aromatic nitrogens is 6. The summed E-state index contributed by atoms with van der Waals surface area (Å²) in [7, 11) is -9.17. The lowest BCUT2D eigenvalue weighted by atomic mass is 9.71. The highest BCUT2D eigenvalue weighted by atomic mass is 35.5. The Hall–Kier alpha value is -10.5. The van der Waals surface area contributed by atoms with Crippen molar-refractivity contribution in [2.24, 2.45) is 21.1 Å². The van der Waals surface area contributed by atoms with Crippen LogP contribution in [0, 0.1) is 27.7 Å². The second kappa shape index (κ2) is 39.2. The first-order chi connectivity index (χ1) is 64.0. The minimum atomic E-state index is -3.68. The zero-order chi connectivity index (χ0) is 94.6. The molecule has 8 heterocycles. The number of hydrogen-bond acceptors (Lipinski definition) is 16. The van der Waals surface area contributed by atoms with Crippen molar-refractivity contribution in [3.63, 3.8) is 0 Å². The molecule has 4 saturated heterocycles. The van der Waals surface area contributed by atoms with E-state index >= 15 is 0 Å². The first-order valence-corrected chi connectivity index (χ1v) is 52.7. The Labute approximate surface area is 809 Å². The normalized spacial score (nSPS) is 19.7. The van der Waals surface area contributed by atoms with Crippen LogP contribution in [0.4, 0.5) is 0 Å². The van der Waals surface area contributed by atoms with Crippen molar-refractivity contribution in [3.05, 3.63) is 335 Å². The van der Waals surface area contributed by atoms with Crippen LogP contribution in [0.15, 0.2) is 250 Å². The van der Waals surface area contributed by atoms with E-state index in [1.165, 1.54) is 93.8 Å². The highest BCUT2D eigenvalue weighted by molar-refractivity contribution is 7.91. The Morgan fingerprint density at radius 2 is 0.681 bits per heavy atom. The van der Waals surface area contributed by atoms with Gasteiger partial charge < -0.3 is 35.0 Å². The minimum absolute atomic E-state index is 0. The molecule has 8 aliphatic rings. The van der Waals surface area contributed by atoms with Gasteiger partial charge in [-0.05, 0) is 220 Å². The molecule has 0 bridgehead atoms. The van der Waals surface area contributed by atoms with Crippen LogP contribution in [0.3, 0.4) is 0 Å². The predicted molar refractivity (Wildman–Crippen MR) is 525 cm³/mol. The van der Waals surface area contributed by atoms with Gasteiger partial charge in [-0.15, -0.1) is 11.3 Å². The van der Waals surface area contributed by atoms with Crippen molar-refractivity contribution >= 4 is 110 Å². The number of hydrogen-bond donors (Lipinski definition) is 4. The largest absolute Gasteiger partial charge is 0.348 e. The summed E-state index contributed by atoms with van der Waals surface area (Å²) in [5, 5.41) is 16.3. The van der Waals surface area contributed by atoms with Crippen LogP contribution in [0.25, 0.3) is 0 Å². The molecule has 4 spiro atoms. The molecule has 4 aliphatic carbocycles. The van der Waals surface area contributed by atoms with Gasteiger partial charge in [0.25, 0.3) is 63.7 Å². The van der Waals surface area contributed by atoms with Gasteiger partial charge in [0, 0.05) is 143 Å². The van der Waals surface area contributed by atoms with Crippen molar-refractivity contribution in [3.8, 4) is 0 Å². The average molecular weight is 1980 g/mol. The molecule has 4 aliphatic heterocycles. The third kappa shape index (κ3) is 19.0. The highest BCUT2D eigenvalue weighted by Gasteiger charge is 2.56. The number of benzene rings is 8. The van der Waals surface area contributed by atoms with E-state index in [1.807, 2.05) is 106 Å². The molecule has 4 atom stereocenters. The van der Waals surface area contributed by atoms with Crippen LogP contribution in [0.2, 0.25) is 15.1 Å². The van der Waals surface area contributed by atoms with E-state index in [0.29, 0.717) is 164 Å². The molecule has 4 unspecified atom stereocenters. The van der Waals surface area contributed by atoms with Crippen LogP contribution in [-0.2, 0) is 109 Å². The molecule has 4 fully saturated rings. The smallest absolute Gasteiger partial charge is 0.262 e. The molecular weight excluding hydrogens is 1870 g/mol. The van der Waals surface area contributed by atoms with E-state index < -0.39 is 40.1 Å². The van der Waals surface area contributed by atoms with Crippen molar-refractivity contribution in [2.45, 2.75) is 177 Å². The van der Waals surface area contributed by atoms with Gasteiger partial charge in [-0.25, -0.2) is 48.6 Å². The predicted octanol–water partition coefficient (Wildman–Crippen LogP) is 15.1. The number of nitrogens with zero attached hydrogens (tertiary/aromatic N) is 10. The van der Waals surface area contributed by atoms with E-state index in [9.17, 15) is 52.8 Å². The van der Waals surface area contributed by atoms with Gasteiger partial charge in [0.05, 0.1) is 44.4 Å². The van der Waals surface area contributed by atoms with Gasteiger partial charge in [-0.1, -0.05) is 187 Å². The van der Waals surface area contributed by atoms with E-state index in [4.69, 9.17) is 34.8 Å². The number of piperidine rings is 4. The number of rotatable bonds is 16. The van der Waals surface area contributed by atoms with Crippen molar-refractivity contribution in [2.75, 3.05) is 52.4 Å². The summed E-state index contributed by atoms with van der Waals surface area (Å²) in [5.74, 6) is -0.0339. The maximum Gasteiger partial charge on any atom is 0.262 e. The van der Waals surface area contributed by atoms with Gasteiger partial charge in [0.2, 0.25) is 0 Å². The number of nitrogens with one attached hydrogen (secondary N) is 4. The maximum atomic E-state index is 13.3. The second-order valence-electron chi connectivity index (χ2n) is 36.5. The molecule has 4 amide bonds. The number of carbonyl (C=O) groups excluding carboxylic acids is 4. The minimum Gasteiger partial charge on any atom is -0.348 e. The zero-order valence-electron chi connectivity index (χ0n) is 75.4. The quantitative estimate of drug-likeness (QED) is 0.0699. The topological polar surface area (TPSA) is 319 Å². The van der Waals surface area contributed by atoms with Gasteiger partial charge in [0.15, 0.2) is 15.1 Å². The van der Waals surface area contributed by atoms with Crippen LogP contribution in [-0.4, -0.2) is 180 Å². The maximum absolute atomic E-state index is 13.3. The van der Waals surface area contributed by atoms with E-state index in [-0.39, 0.29) is 92.0 Å². The molecule has 0 saturated carbocycles. The molecule has 135 heavy (non-hydrogen) atoms. The lowest BCUT2D eigenvalue weighted by Gasteiger charge is -2.43. The lowest BCUT2D eigenvalue weighted by molar-refractivity contribution is 0.0889. The van der Waals surface area contributed by atoms with Gasteiger partial charge in [-0.3, -0.25) is 19.2 Å². The summed E-state index contributed by atoms with van der Waals surface area (Å²) < 4.78 is 117. The van der Waals surface area contributed by atoms with Crippen molar-refractivity contribution in [1.82, 2.24) is 67.1 Å². The fraction of sp³-hybridized carbons (Fsp3) is 0.356. The average Bonchev–Trinajstić information content (AvgIpc) is 1.60. The standard InChI is InChI=1S/C26H29ClN4O3S.C25H25ClN2O3S2.C25H28N4O3S.C24H25ClN4O3S.CH4/c1-17-8-9-20(22(27)14-17)25(32)29-23-15-19-6-4-5-7-21(19)26(23)10-12-31(13-11-26)35(33,34)24-16-30(3)18(2)28-24;1-17-8-9-19(21(26)15-17)24(29)27-22-16-18-5-2-3-6-20(18)25(22)10-12-28(13-11-25)33(30,31)23-7-4-14-32-23;1-18-7-9-19(10-8-18)24(30)27-22-15-20-5-3-4-6-21(20)25(22)11-13-29(14-12-25)33(31,32)23-16-28(2)17-26-23;1-28-15-22(26-16-28)33(31,32)29-12-10-24(11-13-29)19-8-4-2-6-17(19)14-21(24)27-23(30)18-7-3-5-9-20(18)25;/h4-9,14,16,23H,10-13,15H2,1-3H3,(H,29,32);2-9,14-15,22H,10-13,16H2,1H3,(H,27,29);3-10,16-17,22H,11-15H2,1-2H3,(H,27,30);2-9,15-16,21H,10-14H2,1H3,(H,27,30);1H4. The Balaban J connectivity index is 0.000000130. The van der Waals surface area contributed by atoms with Crippen LogP contribution in [0.5, 0.6) is 0 Å². The number of thiophene rings is 1. The van der Waals surface area contributed by atoms with E-state index in [1.54, 1.807) is 118 Å². The summed E-state index contributed by atoms with van der Waals surface area (Å²) in [6.45, 7) is 10.8. The number of carbonyl (C=O) groups is 4. The Morgan fingerprint density at radius 1 is 0.363 bits per heavy atom. The Kier molecular flexibility index (Phi) is 28.3. The lowest BCUT2D eigenvalue weighted by Crippen LogP contribution is -2.54.